The third-order valence-electron chi connectivity index (χ3n) is 6.59. The third kappa shape index (κ3) is 6.18. The monoisotopic (exact) mass is 560 g/mol. The van der Waals surface area contributed by atoms with Crippen LogP contribution in [-0.2, 0) is 11.2 Å². The van der Waals surface area contributed by atoms with Crippen LogP contribution in [0.1, 0.15) is 44.8 Å². The van der Waals surface area contributed by atoms with Crippen molar-refractivity contribution in [3.63, 3.8) is 0 Å². The van der Waals surface area contributed by atoms with E-state index < -0.39 is 23.3 Å². The number of Topliss-reactive ketones (excluding diaryl/α,β-unsaturated/α-hetero) is 1. The lowest BCUT2D eigenvalue weighted by molar-refractivity contribution is -0.119. The summed E-state index contributed by atoms with van der Waals surface area (Å²) in [5.41, 5.74) is 2.70. The number of hydrogen-bond donors (Lipinski definition) is 1. The fourth-order valence-electron chi connectivity index (χ4n) is 4.45. The molecule has 9 heteroatoms. The zero-order valence-electron chi connectivity index (χ0n) is 22.0. The molecular weight excluding hydrogens is 535 g/mol. The Bertz CT molecular complexity index is 1660. The molecular formula is C31H26ClFN2O5. The first-order valence-electron chi connectivity index (χ1n) is 12.3. The average Bonchev–Trinajstić information content (AvgIpc) is 2.93. The predicted molar refractivity (Wildman–Crippen MR) is 152 cm³/mol. The van der Waals surface area contributed by atoms with Crippen molar-refractivity contribution >= 4 is 35.3 Å². The SMILES string of the molecule is COc1cn(C(Cc2cc(F)ccc2C)C(=O)Nc2ccc(C=O)cc2)c(=O)cc1-c1cc(Cl)ccc1C(C)=O. The van der Waals surface area contributed by atoms with Gasteiger partial charge in [0.15, 0.2) is 5.78 Å². The third-order valence-corrected chi connectivity index (χ3v) is 6.83. The lowest BCUT2D eigenvalue weighted by atomic mass is 9.96. The summed E-state index contributed by atoms with van der Waals surface area (Å²) in [7, 11) is 1.41. The summed E-state index contributed by atoms with van der Waals surface area (Å²) in [4.78, 5) is 50.5. The molecule has 0 aliphatic rings. The molecule has 7 nitrogen and oxygen atoms in total. The van der Waals surface area contributed by atoms with Gasteiger partial charge in [0.2, 0.25) is 5.91 Å². The summed E-state index contributed by atoms with van der Waals surface area (Å²) >= 11 is 6.21. The Kier molecular flexibility index (Phi) is 8.60. The molecule has 3 aromatic carbocycles. The van der Waals surface area contributed by atoms with Crippen LogP contribution < -0.4 is 15.6 Å². The molecule has 0 aliphatic heterocycles. The molecule has 4 rings (SSSR count). The van der Waals surface area contributed by atoms with Crippen LogP contribution >= 0.6 is 11.6 Å². The number of nitrogens with zero attached hydrogens (tertiary/aromatic N) is 1. The minimum Gasteiger partial charge on any atom is -0.495 e. The number of aromatic nitrogens is 1. The molecule has 0 radical (unpaired) electrons. The number of hydrogen-bond acceptors (Lipinski definition) is 5. The minimum atomic E-state index is -1.10. The maximum atomic E-state index is 14.1. The van der Waals surface area contributed by atoms with Crippen molar-refractivity contribution in [3.8, 4) is 16.9 Å². The number of carbonyl (C=O) groups is 3. The van der Waals surface area contributed by atoms with Crippen LogP contribution in [0.25, 0.3) is 11.1 Å². The number of aldehydes is 1. The first-order valence-corrected chi connectivity index (χ1v) is 12.7. The second kappa shape index (κ2) is 12.1. The Morgan fingerprint density at radius 2 is 1.77 bits per heavy atom. The number of rotatable bonds is 9. The van der Waals surface area contributed by atoms with E-state index in [4.69, 9.17) is 16.3 Å². The fraction of sp³-hybridized carbons (Fsp3) is 0.161. The van der Waals surface area contributed by atoms with Crippen LogP contribution in [0.3, 0.4) is 0 Å². The minimum absolute atomic E-state index is 0.000116. The molecule has 1 amide bonds. The Labute approximate surface area is 235 Å². The fourth-order valence-corrected chi connectivity index (χ4v) is 4.62. The van der Waals surface area contributed by atoms with Crippen LogP contribution in [0, 0.1) is 12.7 Å². The van der Waals surface area contributed by atoms with Crippen molar-refractivity contribution < 1.29 is 23.5 Å². The van der Waals surface area contributed by atoms with E-state index in [1.165, 1.54) is 43.0 Å². The topological polar surface area (TPSA) is 94.5 Å². The highest BCUT2D eigenvalue weighted by Gasteiger charge is 2.26. The number of amides is 1. The van der Waals surface area contributed by atoms with Gasteiger partial charge in [-0.25, -0.2) is 4.39 Å². The van der Waals surface area contributed by atoms with Crippen molar-refractivity contribution in [2.24, 2.45) is 0 Å². The van der Waals surface area contributed by atoms with Gasteiger partial charge in [0, 0.05) is 39.9 Å². The number of aryl methyl sites for hydroxylation is 1. The number of anilines is 1. The summed E-state index contributed by atoms with van der Waals surface area (Å²) in [5.74, 6) is -1.00. The number of methoxy groups -OCH3 is 1. The maximum Gasteiger partial charge on any atom is 0.252 e. The number of carbonyl (C=O) groups excluding carboxylic acids is 3. The zero-order chi connectivity index (χ0) is 29.0. The van der Waals surface area contributed by atoms with E-state index in [9.17, 15) is 23.6 Å². The number of ether oxygens (including phenoxy) is 1. The maximum absolute atomic E-state index is 14.1. The Morgan fingerprint density at radius 1 is 1.05 bits per heavy atom. The molecule has 0 spiro atoms. The van der Waals surface area contributed by atoms with Crippen molar-refractivity contribution in [2.45, 2.75) is 26.3 Å². The van der Waals surface area contributed by atoms with Gasteiger partial charge in [-0.2, -0.15) is 0 Å². The van der Waals surface area contributed by atoms with Crippen LogP contribution in [0.2, 0.25) is 5.02 Å². The smallest absolute Gasteiger partial charge is 0.252 e. The summed E-state index contributed by atoms with van der Waals surface area (Å²) in [6.07, 6.45) is 2.09. The zero-order valence-corrected chi connectivity index (χ0v) is 22.8. The highest BCUT2D eigenvalue weighted by Crippen LogP contribution is 2.34. The van der Waals surface area contributed by atoms with Gasteiger partial charge in [-0.3, -0.25) is 23.7 Å². The second-order valence-corrected chi connectivity index (χ2v) is 9.70. The molecule has 0 aliphatic carbocycles. The van der Waals surface area contributed by atoms with E-state index in [1.54, 1.807) is 55.5 Å². The first kappa shape index (κ1) is 28.4. The van der Waals surface area contributed by atoms with Crippen LogP contribution in [-0.4, -0.2) is 29.7 Å². The van der Waals surface area contributed by atoms with E-state index in [-0.39, 0.29) is 18.0 Å². The van der Waals surface area contributed by atoms with Gasteiger partial charge in [-0.1, -0.05) is 17.7 Å². The molecule has 1 atom stereocenters. The highest BCUT2D eigenvalue weighted by atomic mass is 35.5. The van der Waals surface area contributed by atoms with Gasteiger partial charge in [-0.05, 0) is 85.1 Å². The molecule has 0 saturated heterocycles. The van der Waals surface area contributed by atoms with Crippen molar-refractivity contribution in [2.75, 3.05) is 12.4 Å². The molecule has 40 heavy (non-hydrogen) atoms. The molecule has 1 aromatic heterocycles. The van der Waals surface area contributed by atoms with E-state index in [1.807, 2.05) is 0 Å². The number of benzene rings is 3. The average molecular weight is 561 g/mol. The largest absolute Gasteiger partial charge is 0.495 e. The van der Waals surface area contributed by atoms with Gasteiger partial charge in [0.05, 0.1) is 13.3 Å². The van der Waals surface area contributed by atoms with Crippen molar-refractivity contribution in [1.82, 2.24) is 4.57 Å². The molecule has 1 N–H and O–H groups in total. The summed E-state index contributed by atoms with van der Waals surface area (Å²) in [6.45, 7) is 3.19. The van der Waals surface area contributed by atoms with Crippen molar-refractivity contribution in [3.05, 3.63) is 116 Å². The van der Waals surface area contributed by atoms with Crippen LogP contribution in [0.4, 0.5) is 10.1 Å². The second-order valence-electron chi connectivity index (χ2n) is 9.27. The van der Waals surface area contributed by atoms with Gasteiger partial charge in [0.25, 0.3) is 5.56 Å². The summed E-state index contributed by atoms with van der Waals surface area (Å²) in [6, 6.07) is 15.4. The summed E-state index contributed by atoms with van der Waals surface area (Å²) < 4.78 is 21.0. The molecule has 0 fully saturated rings. The van der Waals surface area contributed by atoms with E-state index in [2.05, 4.69) is 5.32 Å². The van der Waals surface area contributed by atoms with Crippen LogP contribution in [0.15, 0.2) is 77.7 Å². The first-order chi connectivity index (χ1) is 19.1. The van der Waals surface area contributed by atoms with E-state index in [0.29, 0.717) is 44.8 Å². The predicted octanol–water partition coefficient (Wildman–Crippen LogP) is 6.06. The number of pyridine rings is 1. The molecule has 1 heterocycles. The van der Waals surface area contributed by atoms with E-state index in [0.717, 1.165) is 5.56 Å². The lowest BCUT2D eigenvalue weighted by Crippen LogP contribution is -2.34. The molecule has 204 valence electrons. The Morgan fingerprint density at radius 3 is 2.42 bits per heavy atom. The molecule has 0 bridgehead atoms. The molecule has 4 aromatic rings. The number of ketones is 1. The van der Waals surface area contributed by atoms with E-state index >= 15 is 0 Å². The van der Waals surface area contributed by atoms with Gasteiger partial charge < -0.3 is 10.1 Å². The quantitative estimate of drug-likeness (QED) is 0.198. The van der Waals surface area contributed by atoms with Gasteiger partial charge >= 0.3 is 0 Å². The standard InChI is InChI=1S/C31H26ClFN2O5/c1-18-4-8-23(33)12-21(18)13-28(31(39)34-24-9-5-20(17-36)6-10-24)35-16-29(40-3)27(15-30(35)38)26-14-22(32)7-11-25(26)19(2)37/h4-12,14-17,28H,13H2,1-3H3,(H,34,39). The van der Waals surface area contributed by atoms with Crippen molar-refractivity contribution in [1.29, 1.82) is 0 Å². The summed E-state index contributed by atoms with van der Waals surface area (Å²) in [5, 5.41) is 3.14. The number of halogens is 2. The normalized spacial score (nSPS) is 11.5. The Balaban J connectivity index is 1.84. The number of nitrogens with one attached hydrogen (secondary N) is 1. The van der Waals surface area contributed by atoms with Gasteiger partial charge in [0.1, 0.15) is 23.9 Å². The Hall–Kier alpha value is -4.56. The lowest BCUT2D eigenvalue weighted by Gasteiger charge is -2.22. The van der Waals surface area contributed by atoms with Crippen LogP contribution in [0.5, 0.6) is 5.75 Å². The van der Waals surface area contributed by atoms with Gasteiger partial charge in [-0.15, -0.1) is 0 Å². The molecule has 1 unspecified atom stereocenters. The molecule has 0 saturated carbocycles. The highest BCUT2D eigenvalue weighted by molar-refractivity contribution is 6.31.